The normalized spacial score (nSPS) is 11.6. The van der Waals surface area contributed by atoms with Gasteiger partial charge < -0.3 is 11.1 Å². The van der Waals surface area contributed by atoms with Crippen LogP contribution in [0.25, 0.3) is 10.6 Å². The van der Waals surface area contributed by atoms with Gasteiger partial charge in [0, 0.05) is 18.0 Å². The number of nitrogens with one attached hydrogen (secondary N) is 1. The number of nitrogens with zero attached hydrogens (tertiary/aromatic N) is 2. The minimum atomic E-state index is -0.233. The number of aryl methyl sites for hydroxylation is 2. The van der Waals surface area contributed by atoms with Crippen LogP contribution in [0.15, 0.2) is 18.2 Å². The number of rotatable bonds is 4. The number of nitrogens with two attached hydrogens (primary N) is 1. The summed E-state index contributed by atoms with van der Waals surface area (Å²) in [7, 11) is 0. The van der Waals surface area contributed by atoms with Gasteiger partial charge in [0.15, 0.2) is 0 Å². The predicted molar refractivity (Wildman–Crippen MR) is 88.9 cm³/mol. The van der Waals surface area contributed by atoms with E-state index in [2.05, 4.69) is 28.5 Å². The Morgan fingerprint density at radius 2 is 2.10 bits per heavy atom. The maximum atomic E-state index is 11.7. The molecule has 0 fully saturated rings. The molecule has 2 aromatic rings. The number of amides is 1. The van der Waals surface area contributed by atoms with Crippen LogP contribution in [0, 0.1) is 19.8 Å². The van der Waals surface area contributed by atoms with Crippen molar-refractivity contribution in [1.29, 1.82) is 0 Å². The Hall–Kier alpha value is -1.50. The van der Waals surface area contributed by atoms with Crippen molar-refractivity contribution in [3.8, 4) is 10.6 Å². The molecule has 5 nitrogen and oxygen atoms in total. The third-order valence-corrected chi connectivity index (χ3v) is 3.94. The second kappa shape index (κ2) is 7.49. The van der Waals surface area contributed by atoms with Crippen LogP contribution in [0.3, 0.4) is 0 Å². The van der Waals surface area contributed by atoms with Crippen molar-refractivity contribution < 1.29 is 4.79 Å². The van der Waals surface area contributed by atoms with Gasteiger partial charge in [-0.2, -0.15) is 0 Å². The smallest absolute Gasteiger partial charge is 0.230 e. The molecule has 0 radical (unpaired) electrons. The first kappa shape index (κ1) is 17.6. The lowest BCUT2D eigenvalue weighted by Gasteiger charge is -2.06. The number of anilines is 1. The fourth-order valence-corrected chi connectivity index (χ4v) is 2.61. The molecule has 1 amide bonds. The average Bonchev–Trinajstić information content (AvgIpc) is 2.85. The van der Waals surface area contributed by atoms with Crippen LogP contribution in [0.1, 0.15) is 18.1 Å². The van der Waals surface area contributed by atoms with Gasteiger partial charge in [-0.25, -0.2) is 0 Å². The maximum Gasteiger partial charge on any atom is 0.230 e. The van der Waals surface area contributed by atoms with Crippen LogP contribution in [0.4, 0.5) is 5.13 Å². The molecule has 0 spiro atoms. The summed E-state index contributed by atoms with van der Waals surface area (Å²) in [6.45, 7) is 6.19. The van der Waals surface area contributed by atoms with E-state index < -0.39 is 0 Å². The van der Waals surface area contributed by atoms with Gasteiger partial charge in [0.25, 0.3) is 0 Å². The summed E-state index contributed by atoms with van der Waals surface area (Å²) in [6.07, 6.45) is 0. The van der Waals surface area contributed by atoms with E-state index >= 15 is 0 Å². The van der Waals surface area contributed by atoms with E-state index in [9.17, 15) is 4.79 Å². The molecule has 1 aromatic carbocycles. The number of benzene rings is 1. The average molecular weight is 327 g/mol. The Morgan fingerprint density at radius 3 is 2.71 bits per heavy atom. The fourth-order valence-electron chi connectivity index (χ4n) is 1.77. The van der Waals surface area contributed by atoms with Gasteiger partial charge in [0.1, 0.15) is 5.01 Å². The zero-order chi connectivity index (χ0) is 14.7. The molecule has 0 saturated heterocycles. The first-order chi connectivity index (χ1) is 9.51. The number of halogens is 1. The van der Waals surface area contributed by atoms with Crippen molar-refractivity contribution in [1.82, 2.24) is 10.2 Å². The Labute approximate surface area is 134 Å². The van der Waals surface area contributed by atoms with Crippen LogP contribution in [-0.4, -0.2) is 22.6 Å². The first-order valence-electron chi connectivity index (χ1n) is 6.43. The number of hydrogen-bond donors (Lipinski definition) is 2. The Morgan fingerprint density at radius 1 is 1.38 bits per heavy atom. The summed E-state index contributed by atoms with van der Waals surface area (Å²) < 4.78 is 0. The van der Waals surface area contributed by atoms with E-state index in [1.165, 1.54) is 16.9 Å². The second-order valence-electron chi connectivity index (χ2n) is 4.86. The third-order valence-electron chi connectivity index (χ3n) is 3.07. The van der Waals surface area contributed by atoms with Crippen LogP contribution >= 0.6 is 23.7 Å². The summed E-state index contributed by atoms with van der Waals surface area (Å²) in [4.78, 5) is 11.7. The van der Waals surface area contributed by atoms with E-state index in [-0.39, 0.29) is 24.2 Å². The molecule has 0 bridgehead atoms. The molecule has 1 aromatic heterocycles. The van der Waals surface area contributed by atoms with Crippen LogP contribution in [0.2, 0.25) is 0 Å². The van der Waals surface area contributed by atoms with Gasteiger partial charge >= 0.3 is 0 Å². The standard InChI is InChI=1S/C14H18N4OS.ClH/c1-8-4-5-11(9(2)6-8)13-17-18-14(20-13)16-12(19)10(3)7-15;/h4-6,10H,7,15H2,1-3H3,(H,16,18,19);1H. The summed E-state index contributed by atoms with van der Waals surface area (Å²) >= 11 is 1.37. The minimum Gasteiger partial charge on any atom is -0.330 e. The van der Waals surface area contributed by atoms with Gasteiger partial charge in [0.2, 0.25) is 11.0 Å². The molecule has 0 aliphatic carbocycles. The topological polar surface area (TPSA) is 80.9 Å². The van der Waals surface area contributed by atoms with E-state index in [0.29, 0.717) is 11.7 Å². The second-order valence-corrected chi connectivity index (χ2v) is 5.83. The highest BCUT2D eigenvalue weighted by Crippen LogP contribution is 2.29. The molecule has 114 valence electrons. The van der Waals surface area contributed by atoms with Gasteiger partial charge in [0.05, 0.1) is 0 Å². The molecule has 1 unspecified atom stereocenters. The first-order valence-corrected chi connectivity index (χ1v) is 7.25. The van der Waals surface area contributed by atoms with Crippen molar-refractivity contribution in [2.45, 2.75) is 20.8 Å². The molecule has 0 aliphatic rings. The molecule has 7 heteroatoms. The van der Waals surface area contributed by atoms with E-state index in [1.807, 2.05) is 19.1 Å². The Kier molecular flexibility index (Phi) is 6.26. The van der Waals surface area contributed by atoms with E-state index in [0.717, 1.165) is 16.1 Å². The summed E-state index contributed by atoms with van der Waals surface area (Å²) in [6, 6.07) is 6.17. The van der Waals surface area contributed by atoms with E-state index in [1.54, 1.807) is 6.92 Å². The van der Waals surface area contributed by atoms with Gasteiger partial charge in [-0.15, -0.1) is 22.6 Å². The molecule has 2 rings (SSSR count). The summed E-state index contributed by atoms with van der Waals surface area (Å²) in [5.41, 5.74) is 8.86. The summed E-state index contributed by atoms with van der Waals surface area (Å²) in [5.74, 6) is -0.362. The number of carbonyl (C=O) groups is 1. The van der Waals surface area contributed by atoms with E-state index in [4.69, 9.17) is 5.73 Å². The molecule has 21 heavy (non-hydrogen) atoms. The highest BCUT2D eigenvalue weighted by molar-refractivity contribution is 7.18. The molecular weight excluding hydrogens is 308 g/mol. The zero-order valence-corrected chi connectivity index (χ0v) is 13.8. The Balaban J connectivity index is 0.00000220. The lowest BCUT2D eigenvalue weighted by atomic mass is 10.1. The quantitative estimate of drug-likeness (QED) is 0.905. The lowest BCUT2D eigenvalue weighted by Crippen LogP contribution is -2.26. The van der Waals surface area contributed by atoms with Gasteiger partial charge in [-0.1, -0.05) is 42.0 Å². The van der Waals surface area contributed by atoms with Crippen LogP contribution in [0.5, 0.6) is 0 Å². The number of hydrogen-bond acceptors (Lipinski definition) is 5. The largest absolute Gasteiger partial charge is 0.330 e. The maximum absolute atomic E-state index is 11.7. The minimum absolute atomic E-state index is 0. The lowest BCUT2D eigenvalue weighted by molar-refractivity contribution is -0.119. The molecule has 3 N–H and O–H groups in total. The van der Waals surface area contributed by atoms with Gasteiger partial charge in [-0.05, 0) is 19.4 Å². The summed E-state index contributed by atoms with van der Waals surface area (Å²) in [5, 5.41) is 12.2. The SMILES string of the molecule is Cc1ccc(-c2nnc(NC(=O)C(C)CN)s2)c(C)c1.Cl. The van der Waals surface area contributed by atoms with Crippen molar-refractivity contribution in [3.05, 3.63) is 29.3 Å². The molecule has 1 heterocycles. The highest BCUT2D eigenvalue weighted by Gasteiger charge is 2.14. The predicted octanol–water partition coefficient (Wildman–Crippen LogP) is 2.78. The molecular formula is C14H19ClN4OS. The van der Waals surface area contributed by atoms with Crippen LogP contribution < -0.4 is 11.1 Å². The van der Waals surface area contributed by atoms with Crippen LogP contribution in [-0.2, 0) is 4.79 Å². The monoisotopic (exact) mass is 326 g/mol. The van der Waals surface area contributed by atoms with Crippen molar-refractivity contribution >= 4 is 34.8 Å². The molecule has 1 atom stereocenters. The van der Waals surface area contributed by atoms with Crippen molar-refractivity contribution in [2.75, 3.05) is 11.9 Å². The van der Waals surface area contributed by atoms with Crippen molar-refractivity contribution in [2.24, 2.45) is 11.7 Å². The molecule has 0 aliphatic heterocycles. The van der Waals surface area contributed by atoms with Gasteiger partial charge in [-0.3, -0.25) is 4.79 Å². The number of carbonyl (C=O) groups excluding carboxylic acids is 1. The van der Waals surface area contributed by atoms with Crippen molar-refractivity contribution in [3.63, 3.8) is 0 Å². The molecule has 0 saturated carbocycles. The third kappa shape index (κ3) is 4.23. The Bertz CT molecular complexity index is 629. The zero-order valence-electron chi connectivity index (χ0n) is 12.2. The fraction of sp³-hybridized carbons (Fsp3) is 0.357. The highest BCUT2D eigenvalue weighted by atomic mass is 35.5. The number of aromatic nitrogens is 2.